The van der Waals surface area contributed by atoms with Crippen molar-refractivity contribution in [3.63, 3.8) is 0 Å². The van der Waals surface area contributed by atoms with Crippen LogP contribution in [0.3, 0.4) is 0 Å². The topological polar surface area (TPSA) is 60.4 Å². The van der Waals surface area contributed by atoms with Gasteiger partial charge >= 0.3 is 5.97 Å². The summed E-state index contributed by atoms with van der Waals surface area (Å²) in [5, 5.41) is 0. The summed E-state index contributed by atoms with van der Waals surface area (Å²) in [6, 6.07) is 0. The summed E-state index contributed by atoms with van der Waals surface area (Å²) in [5.41, 5.74) is 0. The fraction of sp³-hybridized carbons (Fsp3) is 0.500. The monoisotopic (exact) mass is 144 g/mol. The molecule has 0 aliphatic carbocycles. The molecule has 4 heteroatoms. The zero-order chi connectivity index (χ0) is 7.98. The highest BCUT2D eigenvalue weighted by Gasteiger charge is 2.07. The predicted octanol–water partition coefficient (Wildman–Crippen LogP) is -0.292. The van der Waals surface area contributed by atoms with Gasteiger partial charge in [-0.25, -0.2) is 0 Å². The molecule has 0 atom stereocenters. The van der Waals surface area contributed by atoms with Crippen LogP contribution in [0.5, 0.6) is 0 Å². The molecule has 0 aliphatic heterocycles. The lowest BCUT2D eigenvalue weighted by atomic mass is 10.3. The molecule has 0 aromatic heterocycles. The minimum Gasteiger partial charge on any atom is -0.466 e. The van der Waals surface area contributed by atoms with Crippen molar-refractivity contribution in [1.82, 2.24) is 0 Å². The number of hydrogen-bond acceptors (Lipinski definition) is 4. The third-order valence-electron chi connectivity index (χ3n) is 0.755. The highest BCUT2D eigenvalue weighted by molar-refractivity contribution is 6.28. The van der Waals surface area contributed by atoms with Crippen LogP contribution in [0, 0.1) is 0 Å². The Morgan fingerprint density at radius 3 is 2.50 bits per heavy atom. The van der Waals surface area contributed by atoms with Crippen LogP contribution in [-0.2, 0) is 19.1 Å². The minimum absolute atomic E-state index is 0.108. The first-order valence-electron chi connectivity index (χ1n) is 2.84. The Morgan fingerprint density at radius 2 is 2.10 bits per heavy atom. The minimum atomic E-state index is -0.751. The molecular formula is C6H8O4. The summed E-state index contributed by atoms with van der Waals surface area (Å²) in [6.07, 6.45) is -0.339. The summed E-state index contributed by atoms with van der Waals surface area (Å²) in [4.78, 5) is 30.3. The van der Waals surface area contributed by atoms with Gasteiger partial charge in [-0.15, -0.1) is 0 Å². The van der Waals surface area contributed by atoms with E-state index in [1.807, 2.05) is 0 Å². The Bertz CT molecular complexity index is 150. The van der Waals surface area contributed by atoms with E-state index in [0.717, 1.165) is 0 Å². The first kappa shape index (κ1) is 8.81. The average Bonchev–Trinajstić information content (AvgIpc) is 1.88. The quantitative estimate of drug-likeness (QED) is 0.235. The first-order valence-corrected chi connectivity index (χ1v) is 2.84. The number of ether oxygens (including phenoxy) is 1. The largest absolute Gasteiger partial charge is 0.466 e. The van der Waals surface area contributed by atoms with Crippen LogP contribution in [0.4, 0.5) is 0 Å². The van der Waals surface area contributed by atoms with Gasteiger partial charge in [0.25, 0.3) is 0 Å². The fourth-order valence-electron chi connectivity index (χ4n) is 0.396. The third kappa shape index (κ3) is 3.77. The van der Waals surface area contributed by atoms with Crippen molar-refractivity contribution >= 4 is 18.0 Å². The lowest BCUT2D eigenvalue weighted by Crippen LogP contribution is -2.11. The summed E-state index contributed by atoms with van der Waals surface area (Å²) in [7, 11) is 0. The first-order chi connectivity index (χ1) is 4.70. The Morgan fingerprint density at radius 1 is 1.50 bits per heavy atom. The van der Waals surface area contributed by atoms with E-state index in [2.05, 4.69) is 4.74 Å². The normalized spacial score (nSPS) is 8.50. The molecule has 4 nitrogen and oxygen atoms in total. The molecule has 0 radical (unpaired) electrons. The van der Waals surface area contributed by atoms with E-state index in [1.165, 1.54) is 0 Å². The summed E-state index contributed by atoms with van der Waals surface area (Å²) >= 11 is 0. The fourth-order valence-corrected chi connectivity index (χ4v) is 0.396. The number of Topliss-reactive ketones (excluding diaryl/α,β-unsaturated/α-hetero) is 1. The van der Waals surface area contributed by atoms with Crippen LogP contribution in [-0.4, -0.2) is 24.6 Å². The Kier molecular flexibility index (Phi) is 4.11. The molecule has 0 bridgehead atoms. The highest BCUT2D eigenvalue weighted by atomic mass is 16.5. The number of carbonyl (C=O) groups is 3. The standard InChI is InChI=1S/C6H8O4/c1-2-10-6(9)3-5(8)4-7/h4H,2-3H2,1H3. The van der Waals surface area contributed by atoms with Crippen LogP contribution in [0.15, 0.2) is 0 Å². The third-order valence-corrected chi connectivity index (χ3v) is 0.755. The van der Waals surface area contributed by atoms with E-state index in [4.69, 9.17) is 0 Å². The van der Waals surface area contributed by atoms with Crippen LogP contribution in [0.2, 0.25) is 0 Å². The maximum Gasteiger partial charge on any atom is 0.313 e. The second-order valence-electron chi connectivity index (χ2n) is 1.57. The van der Waals surface area contributed by atoms with Gasteiger partial charge in [0.2, 0.25) is 5.78 Å². The lowest BCUT2D eigenvalue weighted by Gasteiger charge is -1.95. The van der Waals surface area contributed by atoms with Crippen LogP contribution in [0.1, 0.15) is 13.3 Å². The maximum absolute atomic E-state index is 10.4. The zero-order valence-electron chi connectivity index (χ0n) is 5.62. The van der Waals surface area contributed by atoms with E-state index in [-0.39, 0.29) is 12.9 Å². The molecule has 0 amide bonds. The molecule has 0 spiro atoms. The second kappa shape index (κ2) is 4.67. The van der Waals surface area contributed by atoms with Crippen molar-refractivity contribution in [3.8, 4) is 0 Å². The zero-order valence-corrected chi connectivity index (χ0v) is 5.62. The van der Waals surface area contributed by atoms with Gasteiger partial charge in [0, 0.05) is 0 Å². The summed E-state index contributed by atoms with van der Waals surface area (Å²) < 4.78 is 4.40. The SMILES string of the molecule is CCOC(=O)CC(=O)C=O. The predicted molar refractivity (Wildman–Crippen MR) is 32.3 cm³/mol. The number of hydrogen-bond donors (Lipinski definition) is 0. The second-order valence-corrected chi connectivity index (χ2v) is 1.57. The van der Waals surface area contributed by atoms with E-state index >= 15 is 0 Å². The molecule has 56 valence electrons. The lowest BCUT2D eigenvalue weighted by molar-refractivity contribution is -0.146. The number of rotatable bonds is 4. The summed E-state index contributed by atoms with van der Waals surface area (Å²) in [6.45, 7) is 1.86. The van der Waals surface area contributed by atoms with Gasteiger partial charge in [-0.3, -0.25) is 14.4 Å². The molecular weight excluding hydrogens is 136 g/mol. The molecule has 0 aromatic carbocycles. The van der Waals surface area contributed by atoms with E-state index < -0.39 is 18.2 Å². The van der Waals surface area contributed by atoms with Crippen molar-refractivity contribution in [2.24, 2.45) is 0 Å². The molecule has 0 saturated carbocycles. The van der Waals surface area contributed by atoms with E-state index in [1.54, 1.807) is 6.92 Å². The van der Waals surface area contributed by atoms with Crippen molar-refractivity contribution < 1.29 is 19.1 Å². The number of ketones is 1. The molecule has 0 unspecified atom stereocenters. The smallest absolute Gasteiger partial charge is 0.313 e. The average molecular weight is 144 g/mol. The van der Waals surface area contributed by atoms with Crippen LogP contribution in [0.25, 0.3) is 0 Å². The Balaban J connectivity index is 3.57. The molecule has 0 N–H and O–H groups in total. The van der Waals surface area contributed by atoms with Crippen LogP contribution >= 0.6 is 0 Å². The molecule has 0 aliphatic rings. The van der Waals surface area contributed by atoms with Gasteiger partial charge in [-0.2, -0.15) is 0 Å². The molecule has 0 fully saturated rings. The van der Waals surface area contributed by atoms with Crippen molar-refractivity contribution in [3.05, 3.63) is 0 Å². The molecule has 0 aromatic rings. The van der Waals surface area contributed by atoms with Crippen molar-refractivity contribution in [1.29, 1.82) is 0 Å². The van der Waals surface area contributed by atoms with Gasteiger partial charge in [-0.05, 0) is 6.92 Å². The molecule has 0 heterocycles. The van der Waals surface area contributed by atoms with Gasteiger partial charge < -0.3 is 4.74 Å². The highest BCUT2D eigenvalue weighted by Crippen LogP contribution is 1.85. The summed E-state index contributed by atoms with van der Waals surface area (Å²) in [5.74, 6) is -1.40. The number of carbonyl (C=O) groups excluding carboxylic acids is 3. The van der Waals surface area contributed by atoms with Crippen molar-refractivity contribution in [2.45, 2.75) is 13.3 Å². The van der Waals surface area contributed by atoms with Crippen molar-refractivity contribution in [2.75, 3.05) is 6.61 Å². The Labute approximate surface area is 58.2 Å². The van der Waals surface area contributed by atoms with E-state index in [9.17, 15) is 14.4 Å². The molecule has 0 rings (SSSR count). The van der Waals surface area contributed by atoms with Gasteiger partial charge in [-0.1, -0.05) is 0 Å². The maximum atomic E-state index is 10.4. The number of aldehydes is 1. The number of esters is 1. The Hall–Kier alpha value is -1.19. The van der Waals surface area contributed by atoms with E-state index in [0.29, 0.717) is 0 Å². The van der Waals surface area contributed by atoms with Crippen LogP contribution < -0.4 is 0 Å². The van der Waals surface area contributed by atoms with Gasteiger partial charge in [0.1, 0.15) is 6.42 Å². The molecule has 10 heavy (non-hydrogen) atoms. The van der Waals surface area contributed by atoms with Gasteiger partial charge in [0.05, 0.1) is 6.61 Å². The van der Waals surface area contributed by atoms with Gasteiger partial charge in [0.15, 0.2) is 6.29 Å². The molecule has 0 saturated heterocycles.